The Morgan fingerprint density at radius 3 is 2.37 bits per heavy atom. The summed E-state index contributed by atoms with van der Waals surface area (Å²) in [6.07, 6.45) is 0. The van der Waals surface area contributed by atoms with Crippen LogP contribution in [-0.2, 0) is 6.54 Å². The van der Waals surface area contributed by atoms with Crippen LogP contribution in [0.15, 0.2) is 23.0 Å². The Labute approximate surface area is 160 Å². The SMILES string of the molecule is CCN(CC)C(=O)N1CCN(Cc2cc3cc(C)cc(C)c3[nH]c2=O)CC1. The van der Waals surface area contributed by atoms with Gasteiger partial charge in [-0.1, -0.05) is 11.6 Å². The van der Waals surface area contributed by atoms with Gasteiger partial charge in [0.15, 0.2) is 0 Å². The molecule has 0 saturated carbocycles. The van der Waals surface area contributed by atoms with E-state index < -0.39 is 0 Å². The summed E-state index contributed by atoms with van der Waals surface area (Å²) in [6.45, 7) is 13.2. The molecule has 6 heteroatoms. The molecular formula is C21H30N4O2. The monoisotopic (exact) mass is 370 g/mol. The molecule has 0 unspecified atom stereocenters. The number of aryl methyl sites for hydroxylation is 2. The summed E-state index contributed by atoms with van der Waals surface area (Å²) in [4.78, 5) is 34.1. The van der Waals surface area contributed by atoms with E-state index in [1.807, 2.05) is 36.6 Å². The highest BCUT2D eigenvalue weighted by molar-refractivity contribution is 5.82. The van der Waals surface area contributed by atoms with Crippen LogP contribution < -0.4 is 5.56 Å². The molecule has 2 heterocycles. The van der Waals surface area contributed by atoms with Crippen molar-refractivity contribution in [2.75, 3.05) is 39.3 Å². The summed E-state index contributed by atoms with van der Waals surface area (Å²) in [6, 6.07) is 6.34. The number of fused-ring (bicyclic) bond motifs is 1. The topological polar surface area (TPSA) is 59.7 Å². The van der Waals surface area contributed by atoms with Crippen LogP contribution in [0.4, 0.5) is 4.79 Å². The quantitative estimate of drug-likeness (QED) is 0.900. The Morgan fingerprint density at radius 1 is 1.07 bits per heavy atom. The van der Waals surface area contributed by atoms with Gasteiger partial charge in [-0.3, -0.25) is 9.69 Å². The number of nitrogens with one attached hydrogen (secondary N) is 1. The lowest BCUT2D eigenvalue weighted by molar-refractivity contribution is 0.112. The van der Waals surface area contributed by atoms with Gasteiger partial charge in [-0.2, -0.15) is 0 Å². The molecule has 1 saturated heterocycles. The van der Waals surface area contributed by atoms with Gasteiger partial charge in [0.05, 0.1) is 5.52 Å². The van der Waals surface area contributed by atoms with Gasteiger partial charge in [0, 0.05) is 51.4 Å². The number of urea groups is 1. The number of aromatic amines is 1. The molecule has 2 amide bonds. The number of pyridine rings is 1. The lowest BCUT2D eigenvalue weighted by Gasteiger charge is -2.37. The predicted molar refractivity (Wildman–Crippen MR) is 109 cm³/mol. The van der Waals surface area contributed by atoms with Crippen LogP contribution in [0.25, 0.3) is 10.9 Å². The van der Waals surface area contributed by atoms with Crippen LogP contribution in [0.5, 0.6) is 0 Å². The number of carbonyl (C=O) groups is 1. The molecule has 0 radical (unpaired) electrons. The van der Waals surface area contributed by atoms with Crippen molar-refractivity contribution in [3.63, 3.8) is 0 Å². The zero-order valence-corrected chi connectivity index (χ0v) is 16.8. The normalized spacial score (nSPS) is 15.3. The fraction of sp³-hybridized carbons (Fsp3) is 0.524. The molecule has 3 rings (SSSR count). The molecule has 1 aromatic carbocycles. The number of H-pyrrole nitrogens is 1. The smallest absolute Gasteiger partial charge is 0.320 e. The van der Waals surface area contributed by atoms with Crippen LogP contribution in [0, 0.1) is 13.8 Å². The summed E-state index contributed by atoms with van der Waals surface area (Å²) in [5.41, 5.74) is 3.98. The largest absolute Gasteiger partial charge is 0.325 e. The molecule has 1 aliphatic heterocycles. The van der Waals surface area contributed by atoms with Gasteiger partial charge >= 0.3 is 6.03 Å². The van der Waals surface area contributed by atoms with Gasteiger partial charge in [-0.15, -0.1) is 0 Å². The Balaban J connectivity index is 1.69. The second-order valence-corrected chi connectivity index (χ2v) is 7.39. The van der Waals surface area contributed by atoms with E-state index in [1.165, 1.54) is 5.56 Å². The molecule has 0 spiro atoms. The number of rotatable bonds is 4. The molecule has 146 valence electrons. The highest BCUT2D eigenvalue weighted by Gasteiger charge is 2.24. The van der Waals surface area contributed by atoms with Gasteiger partial charge in [-0.05, 0) is 50.8 Å². The molecule has 1 N–H and O–H groups in total. The van der Waals surface area contributed by atoms with E-state index in [0.717, 1.165) is 48.2 Å². The van der Waals surface area contributed by atoms with E-state index in [9.17, 15) is 9.59 Å². The lowest BCUT2D eigenvalue weighted by Crippen LogP contribution is -2.52. The van der Waals surface area contributed by atoms with Crippen molar-refractivity contribution in [3.8, 4) is 0 Å². The highest BCUT2D eigenvalue weighted by Crippen LogP contribution is 2.19. The summed E-state index contributed by atoms with van der Waals surface area (Å²) < 4.78 is 0. The third-order valence-corrected chi connectivity index (χ3v) is 5.44. The first-order valence-electron chi connectivity index (χ1n) is 9.82. The Morgan fingerprint density at radius 2 is 1.74 bits per heavy atom. The molecule has 0 bridgehead atoms. The summed E-state index contributed by atoms with van der Waals surface area (Å²) >= 11 is 0. The van der Waals surface area contributed by atoms with Crippen LogP contribution >= 0.6 is 0 Å². The van der Waals surface area contributed by atoms with Crippen molar-refractivity contribution < 1.29 is 4.79 Å². The van der Waals surface area contributed by atoms with E-state index in [0.29, 0.717) is 19.6 Å². The minimum absolute atomic E-state index is 0.0175. The molecule has 0 aliphatic carbocycles. The predicted octanol–water partition coefficient (Wildman–Crippen LogP) is 2.72. The van der Waals surface area contributed by atoms with Crippen molar-refractivity contribution in [2.45, 2.75) is 34.2 Å². The van der Waals surface area contributed by atoms with Crippen molar-refractivity contribution >= 4 is 16.9 Å². The molecule has 2 aromatic rings. The average molecular weight is 370 g/mol. The second-order valence-electron chi connectivity index (χ2n) is 7.39. The number of hydrogen-bond donors (Lipinski definition) is 1. The van der Waals surface area contributed by atoms with E-state index >= 15 is 0 Å². The lowest BCUT2D eigenvalue weighted by atomic mass is 10.1. The van der Waals surface area contributed by atoms with Gasteiger partial charge < -0.3 is 14.8 Å². The molecule has 1 fully saturated rings. The van der Waals surface area contributed by atoms with Gasteiger partial charge in [0.2, 0.25) is 0 Å². The summed E-state index contributed by atoms with van der Waals surface area (Å²) in [7, 11) is 0. The van der Waals surface area contributed by atoms with E-state index in [4.69, 9.17) is 0 Å². The zero-order valence-electron chi connectivity index (χ0n) is 16.8. The van der Waals surface area contributed by atoms with E-state index in [-0.39, 0.29) is 11.6 Å². The van der Waals surface area contributed by atoms with Crippen molar-refractivity contribution in [2.24, 2.45) is 0 Å². The van der Waals surface area contributed by atoms with Crippen LogP contribution in [-0.4, -0.2) is 65.0 Å². The first kappa shape index (κ1) is 19.4. The molecule has 0 atom stereocenters. The number of amides is 2. The Bertz CT molecular complexity index is 878. The van der Waals surface area contributed by atoms with Gasteiger partial charge in [0.1, 0.15) is 0 Å². The maximum atomic E-state index is 12.5. The van der Waals surface area contributed by atoms with Crippen molar-refractivity contribution in [3.05, 3.63) is 45.2 Å². The van der Waals surface area contributed by atoms with Crippen LogP contribution in [0.1, 0.15) is 30.5 Å². The maximum absolute atomic E-state index is 12.5. The Kier molecular flexibility index (Phi) is 5.85. The third-order valence-electron chi connectivity index (χ3n) is 5.44. The number of hydrogen-bond acceptors (Lipinski definition) is 3. The zero-order chi connectivity index (χ0) is 19.6. The minimum Gasteiger partial charge on any atom is -0.325 e. The highest BCUT2D eigenvalue weighted by atomic mass is 16.2. The number of benzene rings is 1. The minimum atomic E-state index is -0.0175. The van der Waals surface area contributed by atoms with Crippen LogP contribution in [0.3, 0.4) is 0 Å². The molecular weight excluding hydrogens is 340 g/mol. The van der Waals surface area contributed by atoms with Crippen molar-refractivity contribution in [1.29, 1.82) is 0 Å². The average Bonchev–Trinajstić information content (AvgIpc) is 2.64. The summed E-state index contributed by atoms with van der Waals surface area (Å²) in [5.74, 6) is 0. The first-order chi connectivity index (χ1) is 12.9. The van der Waals surface area contributed by atoms with E-state index in [1.54, 1.807) is 0 Å². The standard InChI is InChI=1S/C21H30N4O2/c1-5-24(6-2)21(27)25-9-7-23(8-10-25)14-18-13-17-12-15(3)11-16(4)19(17)22-20(18)26/h11-13H,5-10,14H2,1-4H3,(H,22,26). The summed E-state index contributed by atoms with van der Waals surface area (Å²) in [5, 5.41) is 1.08. The van der Waals surface area contributed by atoms with Gasteiger partial charge in [0.25, 0.3) is 5.56 Å². The van der Waals surface area contributed by atoms with Gasteiger partial charge in [-0.25, -0.2) is 4.79 Å². The van der Waals surface area contributed by atoms with E-state index in [2.05, 4.69) is 28.9 Å². The van der Waals surface area contributed by atoms with Crippen LogP contribution in [0.2, 0.25) is 0 Å². The second kappa shape index (κ2) is 8.13. The Hall–Kier alpha value is -2.34. The fourth-order valence-corrected chi connectivity index (χ4v) is 3.88. The molecule has 6 nitrogen and oxygen atoms in total. The number of piperazine rings is 1. The van der Waals surface area contributed by atoms with Crippen molar-refractivity contribution in [1.82, 2.24) is 19.7 Å². The number of carbonyl (C=O) groups excluding carboxylic acids is 1. The fourth-order valence-electron chi connectivity index (χ4n) is 3.88. The number of aromatic nitrogens is 1. The maximum Gasteiger partial charge on any atom is 0.320 e. The molecule has 1 aliphatic rings. The third kappa shape index (κ3) is 4.16. The molecule has 27 heavy (non-hydrogen) atoms. The number of nitrogens with zero attached hydrogens (tertiary/aromatic N) is 3. The molecule has 1 aromatic heterocycles. The first-order valence-corrected chi connectivity index (χ1v) is 9.82.